The van der Waals surface area contributed by atoms with E-state index < -0.39 is 15.8 Å². The molecule has 4 rings (SSSR count). The number of aryl methyl sites for hydroxylation is 1. The third-order valence-corrected chi connectivity index (χ3v) is 8.07. The van der Waals surface area contributed by atoms with Crippen molar-refractivity contribution in [3.8, 4) is 0 Å². The average Bonchev–Trinajstić information content (AvgIpc) is 3.09. The maximum atomic E-state index is 13.5. The van der Waals surface area contributed by atoms with E-state index in [1.807, 2.05) is 32.0 Å². The minimum atomic E-state index is -3.97. The van der Waals surface area contributed by atoms with Crippen molar-refractivity contribution in [1.29, 1.82) is 0 Å². The van der Waals surface area contributed by atoms with E-state index in [1.165, 1.54) is 36.4 Å². The van der Waals surface area contributed by atoms with Crippen LogP contribution in [-0.4, -0.2) is 31.2 Å². The van der Waals surface area contributed by atoms with Crippen LogP contribution in [0.25, 0.3) is 0 Å². The molecule has 33 heavy (non-hydrogen) atoms. The molecule has 1 aliphatic heterocycles. The maximum Gasteiger partial charge on any atom is 0.243 e. The molecule has 0 N–H and O–H groups in total. The quantitative estimate of drug-likeness (QED) is 0.447. The van der Waals surface area contributed by atoms with E-state index in [0.29, 0.717) is 12.0 Å². The number of hydrogen-bond acceptors (Lipinski definition) is 3. The second kappa shape index (κ2) is 9.37. The number of nitrogens with zero attached hydrogens (tertiary/aromatic N) is 2. The number of benzene rings is 3. The molecule has 1 atom stereocenters. The molecular formula is C25H24BrFN2O3S. The van der Waals surface area contributed by atoms with Crippen LogP contribution in [0.2, 0.25) is 0 Å². The highest BCUT2D eigenvalue weighted by Crippen LogP contribution is 2.34. The molecule has 5 nitrogen and oxygen atoms in total. The number of halogens is 2. The van der Waals surface area contributed by atoms with Crippen LogP contribution in [0.3, 0.4) is 0 Å². The van der Waals surface area contributed by atoms with Gasteiger partial charge in [-0.25, -0.2) is 12.8 Å². The van der Waals surface area contributed by atoms with Gasteiger partial charge in [0.05, 0.1) is 11.4 Å². The largest absolute Gasteiger partial charge is 0.308 e. The predicted molar refractivity (Wildman–Crippen MR) is 130 cm³/mol. The second-order valence-corrected chi connectivity index (χ2v) is 11.2. The first kappa shape index (κ1) is 23.6. The van der Waals surface area contributed by atoms with Crippen molar-refractivity contribution in [3.63, 3.8) is 0 Å². The molecule has 0 aromatic heterocycles. The average molecular weight is 531 g/mol. The summed E-state index contributed by atoms with van der Waals surface area (Å²) in [4.78, 5) is 15.2. The summed E-state index contributed by atoms with van der Waals surface area (Å²) in [7, 11) is -3.97. The first-order valence-corrected chi connectivity index (χ1v) is 12.8. The lowest BCUT2D eigenvalue weighted by atomic mass is 10.1. The van der Waals surface area contributed by atoms with Crippen LogP contribution in [0.1, 0.15) is 23.6 Å². The number of carbonyl (C=O) groups excluding carboxylic acids is 1. The SMILES string of the molecule is Cc1ccc(S(=O)(=O)N(CC(=O)N2c3ccc(Br)cc3C[C@H]2C)Cc2ccc(F)cc2)cc1. The fourth-order valence-corrected chi connectivity index (χ4v) is 5.87. The van der Waals surface area contributed by atoms with Crippen molar-refractivity contribution >= 4 is 37.5 Å². The molecule has 0 saturated carbocycles. The lowest BCUT2D eigenvalue weighted by Gasteiger charge is -2.27. The fourth-order valence-electron chi connectivity index (χ4n) is 4.09. The number of fused-ring (bicyclic) bond motifs is 1. The number of hydrogen-bond donors (Lipinski definition) is 0. The third kappa shape index (κ3) is 5.03. The van der Waals surface area contributed by atoms with Crippen LogP contribution in [0, 0.1) is 12.7 Å². The van der Waals surface area contributed by atoms with E-state index in [9.17, 15) is 17.6 Å². The zero-order valence-electron chi connectivity index (χ0n) is 18.3. The monoisotopic (exact) mass is 530 g/mol. The Morgan fingerprint density at radius 3 is 2.42 bits per heavy atom. The Morgan fingerprint density at radius 1 is 1.09 bits per heavy atom. The van der Waals surface area contributed by atoms with Crippen LogP contribution < -0.4 is 4.90 Å². The molecule has 1 aliphatic rings. The third-order valence-electron chi connectivity index (χ3n) is 5.77. The van der Waals surface area contributed by atoms with Gasteiger partial charge in [-0.05, 0) is 73.9 Å². The number of sulfonamides is 1. The van der Waals surface area contributed by atoms with Gasteiger partial charge in [-0.2, -0.15) is 4.31 Å². The second-order valence-electron chi connectivity index (χ2n) is 8.30. The highest BCUT2D eigenvalue weighted by Gasteiger charge is 2.34. The predicted octanol–water partition coefficient (Wildman–Crippen LogP) is 5.07. The molecule has 3 aromatic carbocycles. The van der Waals surface area contributed by atoms with Crippen LogP contribution >= 0.6 is 15.9 Å². The van der Waals surface area contributed by atoms with Crippen molar-refractivity contribution in [1.82, 2.24) is 4.31 Å². The Morgan fingerprint density at radius 2 is 1.76 bits per heavy atom. The topological polar surface area (TPSA) is 57.7 Å². The van der Waals surface area contributed by atoms with Crippen LogP contribution in [0.4, 0.5) is 10.1 Å². The van der Waals surface area contributed by atoms with Gasteiger partial charge < -0.3 is 4.90 Å². The summed E-state index contributed by atoms with van der Waals surface area (Å²) in [6.45, 7) is 3.45. The molecule has 0 unspecified atom stereocenters. The molecule has 0 aliphatic carbocycles. The van der Waals surface area contributed by atoms with Crippen molar-refractivity contribution in [2.45, 2.75) is 37.8 Å². The molecule has 3 aromatic rings. The number of carbonyl (C=O) groups is 1. The zero-order chi connectivity index (χ0) is 23.8. The molecular weight excluding hydrogens is 507 g/mol. The lowest BCUT2D eigenvalue weighted by molar-refractivity contribution is -0.119. The van der Waals surface area contributed by atoms with Gasteiger partial charge in [0, 0.05) is 22.7 Å². The van der Waals surface area contributed by atoms with E-state index in [4.69, 9.17) is 0 Å². The van der Waals surface area contributed by atoms with Crippen LogP contribution in [-0.2, 0) is 27.8 Å². The van der Waals surface area contributed by atoms with Gasteiger partial charge in [-0.1, -0.05) is 45.8 Å². The summed E-state index contributed by atoms with van der Waals surface area (Å²) in [5.74, 6) is -0.710. The minimum Gasteiger partial charge on any atom is -0.308 e. The Labute approximate surface area is 202 Å². The summed E-state index contributed by atoms with van der Waals surface area (Å²) in [5, 5.41) is 0. The summed E-state index contributed by atoms with van der Waals surface area (Å²) < 4.78 is 42.5. The standard InChI is InChI=1S/C25H24BrFN2O3S/c1-17-3-10-23(11-4-17)33(31,32)28(15-19-5-8-22(27)9-6-19)16-25(30)29-18(2)13-20-14-21(26)7-12-24(20)29/h3-12,14,18H,13,15-16H2,1-2H3/t18-/m1/s1. The van der Waals surface area contributed by atoms with E-state index in [2.05, 4.69) is 15.9 Å². The lowest BCUT2D eigenvalue weighted by Crippen LogP contribution is -2.44. The molecule has 0 bridgehead atoms. The number of rotatable bonds is 6. The first-order valence-electron chi connectivity index (χ1n) is 10.6. The van der Waals surface area contributed by atoms with Gasteiger partial charge in [0.2, 0.25) is 15.9 Å². The molecule has 1 amide bonds. The van der Waals surface area contributed by atoms with Gasteiger partial charge in [-0.15, -0.1) is 0 Å². The molecule has 0 fully saturated rings. The first-order chi connectivity index (χ1) is 15.6. The van der Waals surface area contributed by atoms with E-state index in [1.54, 1.807) is 17.0 Å². The summed E-state index contributed by atoms with van der Waals surface area (Å²) in [6.07, 6.45) is 0.698. The summed E-state index contributed by atoms with van der Waals surface area (Å²) >= 11 is 3.46. The molecule has 172 valence electrons. The molecule has 0 radical (unpaired) electrons. The van der Waals surface area contributed by atoms with Crippen LogP contribution in [0.5, 0.6) is 0 Å². The van der Waals surface area contributed by atoms with Crippen LogP contribution in [0.15, 0.2) is 76.1 Å². The number of amides is 1. The highest BCUT2D eigenvalue weighted by molar-refractivity contribution is 9.10. The fraction of sp³-hybridized carbons (Fsp3) is 0.240. The van der Waals surface area contributed by atoms with E-state index in [-0.39, 0.29) is 29.9 Å². The Hall–Kier alpha value is -2.55. The van der Waals surface area contributed by atoms with E-state index >= 15 is 0 Å². The van der Waals surface area contributed by atoms with E-state index in [0.717, 1.165) is 25.6 Å². The Kier molecular flexibility index (Phi) is 6.70. The Balaban J connectivity index is 1.67. The maximum absolute atomic E-state index is 13.5. The highest BCUT2D eigenvalue weighted by atomic mass is 79.9. The van der Waals surface area contributed by atoms with Gasteiger partial charge in [0.15, 0.2) is 0 Å². The van der Waals surface area contributed by atoms with Gasteiger partial charge in [-0.3, -0.25) is 4.79 Å². The van der Waals surface area contributed by atoms with Crippen molar-refractivity contribution < 1.29 is 17.6 Å². The van der Waals surface area contributed by atoms with Crippen molar-refractivity contribution in [3.05, 3.63) is 93.7 Å². The van der Waals surface area contributed by atoms with Gasteiger partial charge in [0.1, 0.15) is 5.82 Å². The number of anilines is 1. The molecule has 8 heteroatoms. The van der Waals surface area contributed by atoms with Crippen molar-refractivity contribution in [2.24, 2.45) is 0 Å². The van der Waals surface area contributed by atoms with Crippen molar-refractivity contribution in [2.75, 3.05) is 11.4 Å². The van der Waals surface area contributed by atoms with Gasteiger partial charge >= 0.3 is 0 Å². The zero-order valence-corrected chi connectivity index (χ0v) is 20.7. The Bertz CT molecular complexity index is 1280. The smallest absolute Gasteiger partial charge is 0.243 e. The normalized spacial score (nSPS) is 15.7. The van der Waals surface area contributed by atoms with Gasteiger partial charge in [0.25, 0.3) is 0 Å². The summed E-state index contributed by atoms with van der Waals surface area (Å²) in [6, 6.07) is 17.8. The molecule has 1 heterocycles. The summed E-state index contributed by atoms with van der Waals surface area (Å²) in [5.41, 5.74) is 3.37. The minimum absolute atomic E-state index is 0.0440. The molecule has 0 spiro atoms. The molecule has 0 saturated heterocycles.